The predicted octanol–water partition coefficient (Wildman–Crippen LogP) is 3.65. The molecule has 0 fully saturated rings. The summed E-state index contributed by atoms with van der Waals surface area (Å²) >= 11 is 1.32. The fourth-order valence-corrected chi connectivity index (χ4v) is 4.50. The van der Waals surface area contributed by atoms with Gasteiger partial charge in [0.2, 0.25) is 5.91 Å². The van der Waals surface area contributed by atoms with Crippen LogP contribution < -0.4 is 10.5 Å². The molecule has 0 saturated carbocycles. The number of nitrogens with zero attached hydrogens (tertiary/aromatic N) is 3. The van der Waals surface area contributed by atoms with Crippen LogP contribution in [0.25, 0.3) is 10.9 Å². The summed E-state index contributed by atoms with van der Waals surface area (Å²) < 4.78 is 1.59. The highest BCUT2D eigenvalue weighted by Gasteiger charge is 2.29. The van der Waals surface area contributed by atoms with Crippen LogP contribution in [0, 0.1) is 0 Å². The van der Waals surface area contributed by atoms with Crippen molar-refractivity contribution in [2.45, 2.75) is 30.3 Å². The van der Waals surface area contributed by atoms with Crippen LogP contribution in [0.3, 0.4) is 0 Å². The molecular weight excluding hydrogens is 370 g/mol. The van der Waals surface area contributed by atoms with Crippen LogP contribution in [0.2, 0.25) is 0 Å². The van der Waals surface area contributed by atoms with E-state index in [0.29, 0.717) is 29.1 Å². The highest BCUT2D eigenvalue weighted by atomic mass is 32.2. The van der Waals surface area contributed by atoms with Crippen molar-refractivity contribution in [1.29, 1.82) is 0 Å². The van der Waals surface area contributed by atoms with Crippen molar-refractivity contribution in [2.24, 2.45) is 0 Å². The molecule has 1 aliphatic heterocycles. The number of carbonyl (C=O) groups excluding carboxylic acids is 1. The smallest absolute Gasteiger partial charge is 0.262 e. The van der Waals surface area contributed by atoms with E-state index in [9.17, 15) is 9.59 Å². The molecule has 0 N–H and O–H groups in total. The van der Waals surface area contributed by atoms with Gasteiger partial charge in [0, 0.05) is 18.8 Å². The first-order valence-electron chi connectivity index (χ1n) is 9.26. The molecule has 6 heteroatoms. The number of hydrogen-bond acceptors (Lipinski definition) is 4. The van der Waals surface area contributed by atoms with E-state index >= 15 is 0 Å². The lowest BCUT2D eigenvalue weighted by Crippen LogP contribution is -2.35. The van der Waals surface area contributed by atoms with E-state index in [2.05, 4.69) is 17.6 Å². The van der Waals surface area contributed by atoms with Crippen molar-refractivity contribution in [3.8, 4) is 0 Å². The number of allylic oxidation sites excluding steroid dienone is 1. The van der Waals surface area contributed by atoms with Gasteiger partial charge in [0.25, 0.3) is 5.56 Å². The van der Waals surface area contributed by atoms with Crippen LogP contribution in [0.4, 0.5) is 5.69 Å². The van der Waals surface area contributed by atoms with Gasteiger partial charge in [0.15, 0.2) is 5.16 Å². The van der Waals surface area contributed by atoms with Crippen molar-refractivity contribution in [2.75, 3.05) is 11.4 Å². The van der Waals surface area contributed by atoms with Crippen molar-refractivity contribution >= 4 is 34.3 Å². The lowest BCUT2D eigenvalue weighted by molar-refractivity contribution is -0.117. The van der Waals surface area contributed by atoms with Crippen molar-refractivity contribution in [3.05, 3.63) is 77.1 Å². The van der Waals surface area contributed by atoms with Gasteiger partial charge in [-0.25, -0.2) is 4.98 Å². The molecule has 142 valence electrons. The van der Waals surface area contributed by atoms with Gasteiger partial charge in [-0.3, -0.25) is 14.2 Å². The second-order valence-corrected chi connectivity index (χ2v) is 8.05. The Morgan fingerprint density at radius 3 is 2.82 bits per heavy atom. The largest absolute Gasteiger partial charge is 0.311 e. The summed E-state index contributed by atoms with van der Waals surface area (Å²) in [6, 6.07) is 15.3. The molecule has 28 heavy (non-hydrogen) atoms. The Morgan fingerprint density at radius 2 is 2.00 bits per heavy atom. The Labute approximate surface area is 167 Å². The molecule has 0 spiro atoms. The predicted molar refractivity (Wildman–Crippen MR) is 114 cm³/mol. The SMILES string of the molecule is C=CCn1c(S[C@H](C)C(=O)N2CCc3ccccc32)nc2ccccc2c1=O. The van der Waals surface area contributed by atoms with Gasteiger partial charge in [0.1, 0.15) is 0 Å². The molecule has 3 aromatic rings. The highest BCUT2D eigenvalue weighted by Crippen LogP contribution is 2.31. The second-order valence-electron chi connectivity index (χ2n) is 6.74. The molecule has 1 atom stereocenters. The Balaban J connectivity index is 1.66. The second kappa shape index (κ2) is 7.64. The topological polar surface area (TPSA) is 55.2 Å². The fourth-order valence-electron chi connectivity index (χ4n) is 3.52. The summed E-state index contributed by atoms with van der Waals surface area (Å²) in [7, 11) is 0. The number of aromatic nitrogens is 2. The summed E-state index contributed by atoms with van der Waals surface area (Å²) in [6.07, 6.45) is 2.54. The van der Waals surface area contributed by atoms with Crippen LogP contribution in [0.1, 0.15) is 12.5 Å². The molecule has 0 saturated heterocycles. The Kier molecular flexibility index (Phi) is 5.05. The van der Waals surface area contributed by atoms with E-state index in [1.165, 1.54) is 17.3 Å². The zero-order valence-corrected chi connectivity index (χ0v) is 16.5. The Hall–Kier alpha value is -2.86. The van der Waals surface area contributed by atoms with Gasteiger partial charge in [-0.1, -0.05) is 48.2 Å². The Bertz CT molecular complexity index is 1120. The summed E-state index contributed by atoms with van der Waals surface area (Å²) in [6.45, 7) is 6.66. The van der Waals surface area contributed by atoms with E-state index in [4.69, 9.17) is 0 Å². The number of rotatable bonds is 5. The minimum atomic E-state index is -0.365. The van der Waals surface area contributed by atoms with Crippen molar-refractivity contribution < 1.29 is 4.79 Å². The average Bonchev–Trinajstić information content (AvgIpc) is 3.14. The van der Waals surface area contributed by atoms with E-state index in [1.54, 1.807) is 16.7 Å². The minimum Gasteiger partial charge on any atom is -0.311 e. The molecule has 2 aromatic carbocycles. The van der Waals surface area contributed by atoms with Crippen LogP contribution in [-0.4, -0.2) is 27.3 Å². The molecule has 1 aromatic heterocycles. The van der Waals surface area contributed by atoms with Gasteiger partial charge in [-0.05, 0) is 37.1 Å². The molecule has 0 unspecified atom stereocenters. The van der Waals surface area contributed by atoms with E-state index in [1.807, 2.05) is 48.2 Å². The van der Waals surface area contributed by atoms with Gasteiger partial charge in [-0.15, -0.1) is 6.58 Å². The summed E-state index contributed by atoms with van der Waals surface area (Å²) in [5.74, 6) is 0.0301. The number of hydrogen-bond donors (Lipinski definition) is 0. The van der Waals surface area contributed by atoms with Crippen LogP contribution in [0.5, 0.6) is 0 Å². The van der Waals surface area contributed by atoms with Crippen LogP contribution >= 0.6 is 11.8 Å². The van der Waals surface area contributed by atoms with Gasteiger partial charge in [-0.2, -0.15) is 0 Å². The quantitative estimate of drug-likeness (QED) is 0.378. The standard InChI is InChI=1S/C22H21N3O2S/c1-3-13-25-21(27)17-9-5-6-10-18(17)23-22(25)28-15(2)20(26)24-14-12-16-8-4-7-11-19(16)24/h3-11,15H,1,12-14H2,2H3/t15-/m1/s1. The number of anilines is 1. The number of benzene rings is 2. The van der Waals surface area contributed by atoms with E-state index in [-0.39, 0.29) is 16.7 Å². The Morgan fingerprint density at radius 1 is 1.25 bits per heavy atom. The molecule has 0 bridgehead atoms. The highest BCUT2D eigenvalue weighted by molar-refractivity contribution is 8.00. The molecule has 4 rings (SSSR count). The third-order valence-electron chi connectivity index (χ3n) is 4.92. The fraction of sp³-hybridized carbons (Fsp3) is 0.227. The lowest BCUT2D eigenvalue weighted by Gasteiger charge is -2.22. The molecule has 1 amide bonds. The molecule has 0 aliphatic carbocycles. The van der Waals surface area contributed by atoms with Crippen molar-refractivity contribution in [1.82, 2.24) is 9.55 Å². The third-order valence-corrected chi connectivity index (χ3v) is 6.00. The monoisotopic (exact) mass is 391 g/mol. The number of thioether (sulfide) groups is 1. The van der Waals surface area contributed by atoms with Crippen molar-refractivity contribution in [3.63, 3.8) is 0 Å². The number of carbonyl (C=O) groups is 1. The van der Waals surface area contributed by atoms with Crippen LogP contribution in [0.15, 0.2) is 71.1 Å². The molecule has 1 aliphatic rings. The lowest BCUT2D eigenvalue weighted by atomic mass is 10.2. The number of para-hydroxylation sites is 2. The maximum atomic E-state index is 13.1. The maximum absolute atomic E-state index is 13.1. The first-order valence-corrected chi connectivity index (χ1v) is 10.1. The van der Waals surface area contributed by atoms with Crippen LogP contribution in [-0.2, 0) is 17.8 Å². The van der Waals surface area contributed by atoms with E-state index < -0.39 is 0 Å². The molecule has 5 nitrogen and oxygen atoms in total. The third kappa shape index (κ3) is 3.24. The number of amides is 1. The van der Waals surface area contributed by atoms with E-state index in [0.717, 1.165) is 12.1 Å². The average molecular weight is 391 g/mol. The first-order chi connectivity index (χ1) is 13.6. The molecule has 2 heterocycles. The van der Waals surface area contributed by atoms with Gasteiger partial charge >= 0.3 is 0 Å². The molecule has 0 radical (unpaired) electrons. The number of fused-ring (bicyclic) bond motifs is 2. The first kappa shape index (κ1) is 18.5. The molecular formula is C22H21N3O2S. The summed E-state index contributed by atoms with van der Waals surface area (Å²) in [4.78, 5) is 32.5. The zero-order chi connectivity index (χ0) is 19.7. The minimum absolute atomic E-state index is 0.0301. The normalized spacial score (nSPS) is 14.1. The summed E-state index contributed by atoms with van der Waals surface area (Å²) in [5, 5.41) is 0.744. The zero-order valence-electron chi connectivity index (χ0n) is 15.7. The van der Waals surface area contributed by atoms with Gasteiger partial charge < -0.3 is 4.90 Å². The maximum Gasteiger partial charge on any atom is 0.262 e. The van der Waals surface area contributed by atoms with Gasteiger partial charge in [0.05, 0.1) is 16.2 Å². The summed E-state index contributed by atoms with van der Waals surface area (Å²) in [5.41, 5.74) is 2.70.